The highest BCUT2D eigenvalue weighted by Crippen LogP contribution is 2.44. The van der Waals surface area contributed by atoms with Gasteiger partial charge in [0, 0.05) is 38.6 Å². The van der Waals surface area contributed by atoms with Crippen LogP contribution in [0, 0.1) is 17.8 Å². The minimum Gasteiger partial charge on any atom is -0.454 e. The van der Waals surface area contributed by atoms with Crippen molar-refractivity contribution < 1.29 is 14.3 Å². The minimum absolute atomic E-state index is 0.246. The molecule has 0 N–H and O–H groups in total. The largest absolute Gasteiger partial charge is 0.454 e. The van der Waals surface area contributed by atoms with Crippen LogP contribution in [0.25, 0.3) is 0 Å². The molecule has 4 aliphatic rings. The Kier molecular flexibility index (Phi) is 3.70. The first-order chi connectivity index (χ1) is 12.3. The maximum atomic E-state index is 12.8. The topological polar surface area (TPSA) is 42.0 Å². The van der Waals surface area contributed by atoms with Crippen LogP contribution >= 0.6 is 0 Å². The van der Waals surface area contributed by atoms with Gasteiger partial charge in [-0.3, -0.25) is 9.69 Å². The number of nitrogens with zero attached hydrogens (tertiary/aromatic N) is 2. The third-order valence-electron chi connectivity index (χ3n) is 6.12. The first-order valence-corrected chi connectivity index (χ1v) is 9.34. The standard InChI is InChI=1S/C20H24N2O3/c23-20(17-10-14-1-3-16(17)9-14)22-7-5-21(6-8-22)12-15-2-4-18-19(11-15)25-13-24-18/h1-4,11,14,16-17H,5-10,12-13H2. The second-order valence-corrected chi connectivity index (χ2v) is 7.68. The van der Waals surface area contributed by atoms with E-state index >= 15 is 0 Å². The quantitative estimate of drug-likeness (QED) is 0.792. The van der Waals surface area contributed by atoms with Crippen LogP contribution in [0.1, 0.15) is 18.4 Å². The SMILES string of the molecule is O=C(C1CC2C=CC1C2)N1CCN(Cc2ccc3c(c2)OCO3)CC1. The fourth-order valence-corrected chi connectivity index (χ4v) is 4.72. The van der Waals surface area contributed by atoms with E-state index in [9.17, 15) is 4.79 Å². The van der Waals surface area contributed by atoms with Crippen molar-refractivity contribution in [1.29, 1.82) is 0 Å². The number of hydrogen-bond acceptors (Lipinski definition) is 4. The molecule has 0 radical (unpaired) electrons. The lowest BCUT2D eigenvalue weighted by molar-refractivity contribution is -0.138. The third-order valence-corrected chi connectivity index (χ3v) is 6.12. The summed E-state index contributed by atoms with van der Waals surface area (Å²) in [7, 11) is 0. The van der Waals surface area contributed by atoms with Crippen LogP contribution in [0.4, 0.5) is 0 Å². The smallest absolute Gasteiger partial charge is 0.231 e. The van der Waals surface area contributed by atoms with Crippen molar-refractivity contribution in [2.45, 2.75) is 19.4 Å². The summed E-state index contributed by atoms with van der Waals surface area (Å²) >= 11 is 0. The van der Waals surface area contributed by atoms with Crippen molar-refractivity contribution in [3.63, 3.8) is 0 Å². The molecule has 25 heavy (non-hydrogen) atoms. The van der Waals surface area contributed by atoms with Gasteiger partial charge in [-0.1, -0.05) is 18.2 Å². The van der Waals surface area contributed by atoms with Crippen LogP contribution in [0.5, 0.6) is 11.5 Å². The summed E-state index contributed by atoms with van der Waals surface area (Å²) in [6, 6.07) is 6.16. The van der Waals surface area contributed by atoms with E-state index in [0.29, 0.717) is 24.5 Å². The highest BCUT2D eigenvalue weighted by molar-refractivity contribution is 5.80. The summed E-state index contributed by atoms with van der Waals surface area (Å²) in [5, 5.41) is 0. The number of fused-ring (bicyclic) bond motifs is 3. The summed E-state index contributed by atoms with van der Waals surface area (Å²) in [6.45, 7) is 4.79. The zero-order valence-electron chi connectivity index (χ0n) is 14.4. The Morgan fingerprint density at radius 2 is 1.88 bits per heavy atom. The van der Waals surface area contributed by atoms with E-state index in [1.165, 1.54) is 12.0 Å². The highest BCUT2D eigenvalue weighted by atomic mass is 16.7. The van der Waals surface area contributed by atoms with E-state index < -0.39 is 0 Å². The van der Waals surface area contributed by atoms with Crippen LogP contribution in [0.15, 0.2) is 30.4 Å². The summed E-state index contributed by atoms with van der Waals surface area (Å²) in [5.74, 6) is 3.47. The van der Waals surface area contributed by atoms with Gasteiger partial charge in [0.1, 0.15) is 0 Å². The Labute approximate surface area is 148 Å². The van der Waals surface area contributed by atoms with Crippen LogP contribution in [0.3, 0.4) is 0 Å². The molecule has 5 nitrogen and oxygen atoms in total. The van der Waals surface area contributed by atoms with Gasteiger partial charge in [0.2, 0.25) is 12.7 Å². The molecule has 2 fully saturated rings. The van der Waals surface area contributed by atoms with Crippen molar-refractivity contribution in [1.82, 2.24) is 9.80 Å². The molecule has 3 unspecified atom stereocenters. The molecule has 0 spiro atoms. The lowest BCUT2D eigenvalue weighted by Crippen LogP contribution is -2.50. The second kappa shape index (κ2) is 6.06. The molecular formula is C20H24N2O3. The number of carbonyl (C=O) groups excluding carboxylic acids is 1. The van der Waals surface area contributed by atoms with Gasteiger partial charge in [-0.2, -0.15) is 0 Å². The third kappa shape index (κ3) is 2.80. The van der Waals surface area contributed by atoms with E-state index in [-0.39, 0.29) is 5.92 Å². The molecule has 2 bridgehead atoms. The van der Waals surface area contributed by atoms with Gasteiger partial charge in [-0.05, 0) is 42.4 Å². The Hall–Kier alpha value is -2.01. The molecule has 1 aromatic rings. The van der Waals surface area contributed by atoms with E-state index in [1.807, 2.05) is 6.07 Å². The number of benzene rings is 1. The summed E-state index contributed by atoms with van der Waals surface area (Å²) in [6.07, 6.45) is 6.84. The van der Waals surface area contributed by atoms with Crippen LogP contribution in [0.2, 0.25) is 0 Å². The zero-order valence-corrected chi connectivity index (χ0v) is 14.4. The Bertz CT molecular complexity index is 709. The Balaban J connectivity index is 1.16. The minimum atomic E-state index is 0.246. The summed E-state index contributed by atoms with van der Waals surface area (Å²) in [5.41, 5.74) is 1.24. The number of hydrogen-bond donors (Lipinski definition) is 0. The molecule has 1 saturated carbocycles. The van der Waals surface area contributed by atoms with Crippen LogP contribution in [-0.2, 0) is 11.3 Å². The van der Waals surface area contributed by atoms with E-state index in [4.69, 9.17) is 9.47 Å². The molecule has 3 atom stereocenters. The van der Waals surface area contributed by atoms with Gasteiger partial charge in [-0.15, -0.1) is 0 Å². The molecule has 0 aromatic heterocycles. The number of rotatable bonds is 3. The monoisotopic (exact) mass is 340 g/mol. The Morgan fingerprint density at radius 3 is 2.64 bits per heavy atom. The lowest BCUT2D eigenvalue weighted by atomic mass is 9.92. The molecule has 5 heteroatoms. The lowest BCUT2D eigenvalue weighted by Gasteiger charge is -2.36. The second-order valence-electron chi connectivity index (χ2n) is 7.68. The Morgan fingerprint density at radius 1 is 1.04 bits per heavy atom. The van der Waals surface area contributed by atoms with Crippen LogP contribution < -0.4 is 9.47 Å². The molecule has 1 aromatic carbocycles. The maximum Gasteiger partial charge on any atom is 0.231 e. The first-order valence-electron chi connectivity index (χ1n) is 9.34. The van der Waals surface area contributed by atoms with Crippen LogP contribution in [-0.4, -0.2) is 48.7 Å². The molecular weight excluding hydrogens is 316 g/mol. The molecule has 2 aliphatic carbocycles. The molecule has 1 amide bonds. The normalized spacial score (nSPS) is 30.2. The van der Waals surface area contributed by atoms with E-state index in [0.717, 1.165) is 50.6 Å². The number of ether oxygens (including phenoxy) is 2. The predicted octanol–water partition coefficient (Wildman–Crippen LogP) is 2.27. The van der Waals surface area contributed by atoms with Crippen molar-refractivity contribution in [3.8, 4) is 11.5 Å². The zero-order chi connectivity index (χ0) is 16.8. The van der Waals surface area contributed by atoms with E-state index in [2.05, 4.69) is 34.1 Å². The number of piperazine rings is 1. The molecule has 2 heterocycles. The first kappa shape index (κ1) is 15.3. The van der Waals surface area contributed by atoms with Gasteiger partial charge < -0.3 is 14.4 Å². The summed E-state index contributed by atoms with van der Waals surface area (Å²) < 4.78 is 10.8. The predicted molar refractivity (Wildman–Crippen MR) is 93.3 cm³/mol. The molecule has 132 valence electrons. The highest BCUT2D eigenvalue weighted by Gasteiger charge is 2.41. The van der Waals surface area contributed by atoms with Gasteiger partial charge in [0.25, 0.3) is 0 Å². The average molecular weight is 340 g/mol. The van der Waals surface area contributed by atoms with Crippen molar-refractivity contribution in [2.75, 3.05) is 33.0 Å². The number of allylic oxidation sites excluding steroid dienone is 2. The molecule has 1 saturated heterocycles. The van der Waals surface area contributed by atoms with Crippen molar-refractivity contribution >= 4 is 5.91 Å². The van der Waals surface area contributed by atoms with Gasteiger partial charge in [-0.25, -0.2) is 0 Å². The fraction of sp³-hybridized carbons (Fsp3) is 0.550. The molecule has 5 rings (SSSR count). The van der Waals surface area contributed by atoms with E-state index in [1.54, 1.807) is 0 Å². The van der Waals surface area contributed by atoms with Crippen molar-refractivity contribution in [3.05, 3.63) is 35.9 Å². The maximum absolute atomic E-state index is 12.8. The van der Waals surface area contributed by atoms with Gasteiger partial charge in [0.15, 0.2) is 11.5 Å². The van der Waals surface area contributed by atoms with Crippen molar-refractivity contribution in [2.24, 2.45) is 17.8 Å². The molecule has 2 aliphatic heterocycles. The average Bonchev–Trinajstić information content (AvgIpc) is 3.38. The van der Waals surface area contributed by atoms with Gasteiger partial charge in [0.05, 0.1) is 0 Å². The fourth-order valence-electron chi connectivity index (χ4n) is 4.72. The summed E-state index contributed by atoms with van der Waals surface area (Å²) in [4.78, 5) is 17.3. The number of amides is 1. The van der Waals surface area contributed by atoms with Gasteiger partial charge >= 0.3 is 0 Å². The number of carbonyl (C=O) groups is 1.